The minimum absolute atomic E-state index is 0.0269. The van der Waals surface area contributed by atoms with Crippen LogP contribution in [-0.4, -0.2) is 50.6 Å². The minimum atomic E-state index is -0.434. The SMILES string of the molecule is CCN(CC)C(CNC(=O)c1ccc(C(=O)OC)s1)c1cccc(OC)c1. The van der Waals surface area contributed by atoms with E-state index in [0.29, 0.717) is 16.3 Å². The number of hydrogen-bond acceptors (Lipinski definition) is 6. The molecule has 1 unspecified atom stereocenters. The van der Waals surface area contributed by atoms with Crippen molar-refractivity contribution >= 4 is 23.2 Å². The first-order valence-electron chi connectivity index (χ1n) is 8.88. The van der Waals surface area contributed by atoms with Crippen LogP contribution in [0.15, 0.2) is 36.4 Å². The smallest absolute Gasteiger partial charge is 0.348 e. The maximum atomic E-state index is 12.5. The van der Waals surface area contributed by atoms with E-state index >= 15 is 0 Å². The van der Waals surface area contributed by atoms with E-state index in [1.54, 1.807) is 19.2 Å². The standard InChI is InChI=1S/C20H26N2O4S/c1-5-22(6-2)16(14-8-7-9-15(12-14)25-3)13-21-19(23)17-10-11-18(27-17)20(24)26-4/h7-12,16H,5-6,13H2,1-4H3,(H,21,23). The molecule has 2 aromatic rings. The van der Waals surface area contributed by atoms with Crippen molar-refractivity contribution in [1.29, 1.82) is 0 Å². The molecule has 1 aromatic heterocycles. The van der Waals surface area contributed by atoms with E-state index in [-0.39, 0.29) is 11.9 Å². The van der Waals surface area contributed by atoms with Gasteiger partial charge in [-0.2, -0.15) is 0 Å². The van der Waals surface area contributed by atoms with Gasteiger partial charge in [0.2, 0.25) is 0 Å². The summed E-state index contributed by atoms with van der Waals surface area (Å²) >= 11 is 1.13. The van der Waals surface area contributed by atoms with Gasteiger partial charge in [0.25, 0.3) is 5.91 Å². The maximum absolute atomic E-state index is 12.5. The van der Waals surface area contributed by atoms with E-state index in [2.05, 4.69) is 28.8 Å². The lowest BCUT2D eigenvalue weighted by molar-refractivity contribution is 0.0606. The molecule has 0 bridgehead atoms. The van der Waals surface area contributed by atoms with Gasteiger partial charge in [-0.05, 0) is 42.9 Å². The molecule has 7 heteroatoms. The Hall–Kier alpha value is -2.38. The molecule has 27 heavy (non-hydrogen) atoms. The Kier molecular flexibility index (Phi) is 7.82. The fraction of sp³-hybridized carbons (Fsp3) is 0.400. The Morgan fingerprint density at radius 3 is 2.44 bits per heavy atom. The van der Waals surface area contributed by atoms with Crippen LogP contribution in [0, 0.1) is 0 Å². The number of amides is 1. The third-order valence-corrected chi connectivity index (χ3v) is 5.47. The number of ether oxygens (including phenoxy) is 2. The number of methoxy groups -OCH3 is 2. The van der Waals surface area contributed by atoms with Gasteiger partial charge in [-0.15, -0.1) is 11.3 Å². The molecule has 0 aliphatic heterocycles. The Labute approximate surface area is 164 Å². The van der Waals surface area contributed by atoms with Crippen molar-refractivity contribution in [2.24, 2.45) is 0 Å². The second-order valence-corrected chi connectivity index (χ2v) is 6.96. The molecule has 1 heterocycles. The molecule has 1 amide bonds. The van der Waals surface area contributed by atoms with Crippen molar-refractivity contribution in [3.63, 3.8) is 0 Å². The topological polar surface area (TPSA) is 67.9 Å². The van der Waals surface area contributed by atoms with Crippen LogP contribution in [0.4, 0.5) is 0 Å². The van der Waals surface area contributed by atoms with Crippen molar-refractivity contribution in [2.75, 3.05) is 33.9 Å². The average Bonchev–Trinajstić information content (AvgIpc) is 3.20. The number of carbonyl (C=O) groups is 2. The highest BCUT2D eigenvalue weighted by Crippen LogP contribution is 2.24. The molecule has 146 valence electrons. The first-order chi connectivity index (χ1) is 13.0. The van der Waals surface area contributed by atoms with Crippen LogP contribution in [0.3, 0.4) is 0 Å². The summed E-state index contributed by atoms with van der Waals surface area (Å²) in [5.41, 5.74) is 1.08. The van der Waals surface area contributed by atoms with Crippen molar-refractivity contribution in [3.8, 4) is 5.75 Å². The van der Waals surface area contributed by atoms with E-state index in [9.17, 15) is 9.59 Å². The Bertz CT molecular complexity index is 771. The number of rotatable bonds is 9. The van der Waals surface area contributed by atoms with Gasteiger partial charge in [-0.1, -0.05) is 26.0 Å². The first-order valence-corrected chi connectivity index (χ1v) is 9.70. The second kappa shape index (κ2) is 10.1. The second-order valence-electron chi connectivity index (χ2n) is 5.88. The Morgan fingerprint density at radius 2 is 1.81 bits per heavy atom. The summed E-state index contributed by atoms with van der Waals surface area (Å²) < 4.78 is 10.0. The third-order valence-electron chi connectivity index (χ3n) is 4.40. The van der Waals surface area contributed by atoms with Crippen molar-refractivity contribution in [1.82, 2.24) is 10.2 Å². The van der Waals surface area contributed by atoms with Crippen LogP contribution in [0.2, 0.25) is 0 Å². The largest absolute Gasteiger partial charge is 0.497 e. The van der Waals surface area contributed by atoms with Crippen LogP contribution in [0.1, 0.15) is 44.8 Å². The number of likely N-dealkylation sites (N-methyl/N-ethyl adjacent to an activating group) is 1. The minimum Gasteiger partial charge on any atom is -0.497 e. The van der Waals surface area contributed by atoms with E-state index in [1.807, 2.05) is 24.3 Å². The van der Waals surface area contributed by atoms with Crippen molar-refractivity contribution in [2.45, 2.75) is 19.9 Å². The molecular weight excluding hydrogens is 364 g/mol. The summed E-state index contributed by atoms with van der Waals surface area (Å²) in [5, 5.41) is 2.99. The van der Waals surface area contributed by atoms with Gasteiger partial charge in [0.05, 0.1) is 25.1 Å². The fourth-order valence-electron chi connectivity index (χ4n) is 2.92. The van der Waals surface area contributed by atoms with Gasteiger partial charge in [0, 0.05) is 6.54 Å². The van der Waals surface area contributed by atoms with Gasteiger partial charge in [-0.3, -0.25) is 9.69 Å². The average molecular weight is 391 g/mol. The lowest BCUT2D eigenvalue weighted by atomic mass is 10.0. The maximum Gasteiger partial charge on any atom is 0.348 e. The van der Waals surface area contributed by atoms with Gasteiger partial charge in [0.15, 0.2) is 0 Å². The quantitative estimate of drug-likeness (QED) is 0.665. The van der Waals surface area contributed by atoms with E-state index in [4.69, 9.17) is 4.74 Å². The highest BCUT2D eigenvalue weighted by molar-refractivity contribution is 7.15. The molecule has 0 spiro atoms. The van der Waals surface area contributed by atoms with Gasteiger partial charge in [-0.25, -0.2) is 4.79 Å². The number of carbonyl (C=O) groups excluding carboxylic acids is 2. The highest BCUT2D eigenvalue weighted by atomic mass is 32.1. The number of esters is 1. The molecular formula is C20H26N2O4S. The summed E-state index contributed by atoms with van der Waals surface area (Å²) in [4.78, 5) is 27.3. The lowest BCUT2D eigenvalue weighted by Gasteiger charge is -2.30. The summed E-state index contributed by atoms with van der Waals surface area (Å²) in [6.07, 6.45) is 0. The molecule has 6 nitrogen and oxygen atoms in total. The number of hydrogen-bond donors (Lipinski definition) is 1. The molecule has 1 aromatic carbocycles. The van der Waals surface area contributed by atoms with Gasteiger partial charge >= 0.3 is 5.97 Å². The van der Waals surface area contributed by atoms with E-state index < -0.39 is 5.97 Å². The van der Waals surface area contributed by atoms with Crippen molar-refractivity contribution < 1.29 is 19.1 Å². The number of thiophene rings is 1. The fourth-order valence-corrected chi connectivity index (χ4v) is 3.76. The molecule has 0 aliphatic rings. The number of nitrogens with zero attached hydrogens (tertiary/aromatic N) is 1. The molecule has 0 saturated heterocycles. The highest BCUT2D eigenvalue weighted by Gasteiger charge is 2.21. The van der Waals surface area contributed by atoms with Crippen LogP contribution in [0.25, 0.3) is 0 Å². The molecule has 1 atom stereocenters. The zero-order valence-corrected chi connectivity index (χ0v) is 17.0. The molecule has 0 aliphatic carbocycles. The molecule has 2 rings (SSSR count). The van der Waals surface area contributed by atoms with E-state index in [0.717, 1.165) is 35.7 Å². The summed E-state index contributed by atoms with van der Waals surface area (Å²) in [6, 6.07) is 11.2. The number of benzene rings is 1. The summed E-state index contributed by atoms with van der Waals surface area (Å²) in [6.45, 7) is 6.37. The van der Waals surface area contributed by atoms with Crippen LogP contribution < -0.4 is 10.1 Å². The monoisotopic (exact) mass is 390 g/mol. The first kappa shape index (κ1) is 20.9. The number of nitrogens with one attached hydrogen (secondary N) is 1. The van der Waals surface area contributed by atoms with Gasteiger partial charge in [0.1, 0.15) is 10.6 Å². The molecule has 0 fully saturated rings. The third kappa shape index (κ3) is 5.30. The van der Waals surface area contributed by atoms with Crippen LogP contribution >= 0.6 is 11.3 Å². The molecule has 1 N–H and O–H groups in total. The summed E-state index contributed by atoms with van der Waals surface area (Å²) in [5.74, 6) is 0.156. The predicted molar refractivity (Wildman–Crippen MR) is 107 cm³/mol. The van der Waals surface area contributed by atoms with Crippen LogP contribution in [-0.2, 0) is 4.74 Å². The zero-order valence-electron chi connectivity index (χ0n) is 16.2. The predicted octanol–water partition coefficient (Wildman–Crippen LogP) is 3.36. The Morgan fingerprint density at radius 1 is 1.11 bits per heavy atom. The molecule has 0 radical (unpaired) electrons. The normalized spacial score (nSPS) is 11.9. The molecule has 0 saturated carbocycles. The van der Waals surface area contributed by atoms with E-state index in [1.165, 1.54) is 7.11 Å². The zero-order chi connectivity index (χ0) is 19.8. The summed E-state index contributed by atoms with van der Waals surface area (Å²) in [7, 11) is 2.97. The Balaban J connectivity index is 2.14. The van der Waals surface area contributed by atoms with Crippen molar-refractivity contribution in [3.05, 3.63) is 51.7 Å². The lowest BCUT2D eigenvalue weighted by Crippen LogP contribution is -2.37. The van der Waals surface area contributed by atoms with Gasteiger partial charge < -0.3 is 14.8 Å². The van der Waals surface area contributed by atoms with Crippen LogP contribution in [0.5, 0.6) is 5.75 Å².